The van der Waals surface area contributed by atoms with Gasteiger partial charge in [0.25, 0.3) is 0 Å². The van der Waals surface area contributed by atoms with Crippen molar-refractivity contribution in [1.82, 2.24) is 19.3 Å². The van der Waals surface area contributed by atoms with E-state index >= 15 is 0 Å². The number of halogens is 1. The lowest BCUT2D eigenvalue weighted by Gasteiger charge is -2.33. The molecule has 2 aliphatic heterocycles. The Kier molecular flexibility index (Phi) is 5.24. The average Bonchev–Trinajstić information content (AvgIpc) is 3.59. The Morgan fingerprint density at radius 3 is 2.77 bits per heavy atom. The molecule has 1 saturated carbocycles. The number of aromatic nitrogens is 3. The highest BCUT2D eigenvalue weighted by Gasteiger charge is 2.66. The van der Waals surface area contributed by atoms with Gasteiger partial charge in [0.1, 0.15) is 32.9 Å². The van der Waals surface area contributed by atoms with Crippen LogP contribution < -0.4 is 14.8 Å². The maximum absolute atomic E-state index is 13.0. The largest absolute Gasteiger partial charge is 0.497 e. The predicted molar refractivity (Wildman–Crippen MR) is 132 cm³/mol. The third kappa shape index (κ3) is 3.41. The first-order valence-corrected chi connectivity index (χ1v) is 12.6. The van der Waals surface area contributed by atoms with E-state index in [4.69, 9.17) is 14.5 Å². The molecule has 0 bridgehead atoms. The normalized spacial score (nSPS) is 22.5. The Morgan fingerprint density at radius 2 is 2.03 bits per heavy atom. The molecule has 4 heterocycles. The number of methoxy groups -OCH3 is 2. The zero-order valence-corrected chi connectivity index (χ0v) is 21.2. The first-order chi connectivity index (χ1) is 17.0. The van der Waals surface area contributed by atoms with Crippen molar-refractivity contribution in [3.8, 4) is 11.5 Å². The monoisotopic (exact) mass is 539 g/mol. The number of amides is 1. The van der Waals surface area contributed by atoms with Gasteiger partial charge in [0.05, 0.1) is 20.3 Å². The molecule has 0 radical (unpaired) electrons. The number of nitrogens with one attached hydrogen (secondary N) is 1. The van der Waals surface area contributed by atoms with Gasteiger partial charge >= 0.3 is 0 Å². The number of piperidine rings is 1. The molecule has 1 spiro atoms. The summed E-state index contributed by atoms with van der Waals surface area (Å²) in [5, 5.41) is 3.41. The lowest BCUT2D eigenvalue weighted by molar-refractivity contribution is -0.134. The molecule has 1 aliphatic carbocycles. The summed E-state index contributed by atoms with van der Waals surface area (Å²) in [5.74, 6) is 3.23. The average molecular weight is 540 g/mol. The topological polar surface area (TPSA) is 98.1 Å². The SMILES string of the molecule is COc1ccc(CNc2nccn3c(C4CCC5C(=O)C6(CC6)C(=O)N5C4)nc(Br)c23)c(OC)c1. The molecule has 1 aromatic carbocycles. The standard InChI is InChI=1S/C25H26BrN5O4/c1-34-16-5-3-14(18(11-16)35-2)12-28-22-19-21(26)29-23(30(19)10-9-27-22)15-4-6-17-20(32)25(7-8-25)24(33)31(17)13-15/h3,5,9-11,15,17H,4,6-8,12-13H2,1-2H3,(H,27,28). The fourth-order valence-corrected chi connectivity index (χ4v) is 6.14. The van der Waals surface area contributed by atoms with E-state index in [0.29, 0.717) is 42.8 Å². The summed E-state index contributed by atoms with van der Waals surface area (Å²) in [6.45, 7) is 1.03. The summed E-state index contributed by atoms with van der Waals surface area (Å²) in [4.78, 5) is 37.0. The van der Waals surface area contributed by atoms with Crippen LogP contribution in [0.25, 0.3) is 5.52 Å². The van der Waals surface area contributed by atoms with Gasteiger partial charge in [-0.25, -0.2) is 9.97 Å². The maximum Gasteiger partial charge on any atom is 0.236 e. The number of hydrogen-bond acceptors (Lipinski definition) is 7. The minimum absolute atomic E-state index is 0.0228. The van der Waals surface area contributed by atoms with E-state index in [9.17, 15) is 9.59 Å². The number of ether oxygens (including phenoxy) is 2. The van der Waals surface area contributed by atoms with Gasteiger partial charge in [-0.1, -0.05) is 0 Å². The highest BCUT2D eigenvalue weighted by molar-refractivity contribution is 9.10. The molecule has 2 aromatic heterocycles. The molecule has 3 fully saturated rings. The molecule has 2 saturated heterocycles. The zero-order valence-electron chi connectivity index (χ0n) is 19.6. The predicted octanol–water partition coefficient (Wildman–Crippen LogP) is 3.56. The number of fused-ring (bicyclic) bond motifs is 2. The van der Waals surface area contributed by atoms with Crippen LogP contribution in [0.4, 0.5) is 5.82 Å². The van der Waals surface area contributed by atoms with Crippen molar-refractivity contribution in [2.45, 2.75) is 44.2 Å². The van der Waals surface area contributed by atoms with Gasteiger partial charge in [0.15, 0.2) is 11.6 Å². The Labute approximate surface area is 211 Å². The smallest absolute Gasteiger partial charge is 0.236 e. The van der Waals surface area contributed by atoms with Gasteiger partial charge in [0.2, 0.25) is 5.91 Å². The summed E-state index contributed by atoms with van der Waals surface area (Å²) in [5.41, 5.74) is 1.11. The molecular weight excluding hydrogens is 514 g/mol. The van der Waals surface area contributed by atoms with Crippen molar-refractivity contribution in [2.75, 3.05) is 26.1 Å². The molecule has 1 amide bonds. The molecule has 10 heteroatoms. The van der Waals surface area contributed by atoms with Crippen LogP contribution in [0.5, 0.6) is 11.5 Å². The number of Topliss-reactive ketones (excluding diaryl/α,β-unsaturated/α-hetero) is 1. The number of imidazole rings is 1. The van der Waals surface area contributed by atoms with E-state index in [2.05, 4.69) is 26.2 Å². The van der Waals surface area contributed by atoms with Crippen molar-refractivity contribution in [1.29, 1.82) is 0 Å². The second kappa shape index (κ2) is 8.22. The van der Waals surface area contributed by atoms with E-state index in [0.717, 1.165) is 34.8 Å². The van der Waals surface area contributed by atoms with Gasteiger partial charge in [-0.2, -0.15) is 0 Å². The minimum atomic E-state index is -0.696. The fourth-order valence-electron chi connectivity index (χ4n) is 5.58. The van der Waals surface area contributed by atoms with Crippen LogP contribution in [-0.4, -0.2) is 57.8 Å². The lowest BCUT2D eigenvalue weighted by Crippen LogP contribution is -2.43. The number of carbonyl (C=O) groups excluding carboxylic acids is 2. The third-order valence-corrected chi connectivity index (χ3v) is 8.17. The maximum atomic E-state index is 13.0. The second-order valence-corrected chi connectivity index (χ2v) is 10.2. The van der Waals surface area contributed by atoms with Gasteiger partial charge in [-0.05, 0) is 53.7 Å². The number of carbonyl (C=O) groups is 2. The molecule has 2 atom stereocenters. The lowest BCUT2D eigenvalue weighted by atomic mass is 9.90. The molecular formula is C25H26BrN5O4. The molecule has 3 aromatic rings. The van der Waals surface area contributed by atoms with Crippen molar-refractivity contribution in [2.24, 2.45) is 5.41 Å². The van der Waals surface area contributed by atoms with Crippen LogP contribution in [0.15, 0.2) is 35.2 Å². The van der Waals surface area contributed by atoms with Crippen molar-refractivity contribution in [3.63, 3.8) is 0 Å². The van der Waals surface area contributed by atoms with E-state index in [1.54, 1.807) is 20.4 Å². The van der Waals surface area contributed by atoms with E-state index in [1.165, 1.54) is 0 Å². The molecule has 182 valence electrons. The number of hydrogen-bond donors (Lipinski definition) is 1. The first-order valence-electron chi connectivity index (χ1n) is 11.8. The minimum Gasteiger partial charge on any atom is -0.497 e. The first kappa shape index (κ1) is 22.3. The van der Waals surface area contributed by atoms with E-state index < -0.39 is 5.41 Å². The molecule has 2 unspecified atom stereocenters. The van der Waals surface area contributed by atoms with Gasteiger partial charge in [0, 0.05) is 43.0 Å². The quantitative estimate of drug-likeness (QED) is 0.478. The van der Waals surface area contributed by atoms with E-state index in [1.807, 2.05) is 33.7 Å². The van der Waals surface area contributed by atoms with Crippen LogP contribution in [-0.2, 0) is 16.1 Å². The van der Waals surface area contributed by atoms with Crippen LogP contribution in [0, 0.1) is 5.41 Å². The number of rotatable bonds is 6. The van der Waals surface area contributed by atoms with Crippen LogP contribution in [0.3, 0.4) is 0 Å². The van der Waals surface area contributed by atoms with Gasteiger partial charge < -0.3 is 19.7 Å². The van der Waals surface area contributed by atoms with Crippen LogP contribution in [0.2, 0.25) is 0 Å². The van der Waals surface area contributed by atoms with Gasteiger partial charge in [-0.3, -0.25) is 14.0 Å². The molecule has 6 rings (SSSR count). The van der Waals surface area contributed by atoms with Crippen molar-refractivity contribution in [3.05, 3.63) is 46.6 Å². The Hall–Kier alpha value is -3.14. The highest BCUT2D eigenvalue weighted by atomic mass is 79.9. The molecule has 3 aliphatic rings. The second-order valence-electron chi connectivity index (χ2n) is 9.48. The highest BCUT2D eigenvalue weighted by Crippen LogP contribution is 2.55. The number of anilines is 1. The Bertz CT molecular complexity index is 1350. The zero-order chi connectivity index (χ0) is 24.3. The Morgan fingerprint density at radius 1 is 1.20 bits per heavy atom. The van der Waals surface area contributed by atoms with Gasteiger partial charge in [-0.15, -0.1) is 0 Å². The summed E-state index contributed by atoms with van der Waals surface area (Å²) < 4.78 is 13.5. The van der Waals surface area contributed by atoms with Crippen LogP contribution >= 0.6 is 15.9 Å². The summed E-state index contributed by atoms with van der Waals surface area (Å²) in [7, 11) is 3.26. The summed E-state index contributed by atoms with van der Waals surface area (Å²) in [6, 6.07) is 5.45. The third-order valence-electron chi connectivity index (χ3n) is 7.62. The van der Waals surface area contributed by atoms with Crippen molar-refractivity contribution >= 4 is 39.0 Å². The summed E-state index contributed by atoms with van der Waals surface area (Å²) in [6.07, 6.45) is 6.56. The van der Waals surface area contributed by atoms with E-state index in [-0.39, 0.29) is 23.7 Å². The number of ketones is 1. The molecule has 35 heavy (non-hydrogen) atoms. The number of nitrogens with zero attached hydrogens (tertiary/aromatic N) is 4. The van der Waals surface area contributed by atoms with Crippen molar-refractivity contribution < 1.29 is 19.1 Å². The molecule has 9 nitrogen and oxygen atoms in total. The Balaban J connectivity index is 1.27. The van der Waals surface area contributed by atoms with Crippen LogP contribution in [0.1, 0.15) is 43.0 Å². The summed E-state index contributed by atoms with van der Waals surface area (Å²) >= 11 is 3.63. The number of benzene rings is 1. The fraction of sp³-hybridized carbons (Fsp3) is 0.440. The molecule has 1 N–H and O–H groups in total.